The quantitative estimate of drug-likeness (QED) is 0.381. The van der Waals surface area contributed by atoms with Crippen molar-refractivity contribution < 1.29 is 4.74 Å². The van der Waals surface area contributed by atoms with Gasteiger partial charge in [-0.3, -0.25) is 14.2 Å². The Morgan fingerprint density at radius 1 is 1.10 bits per heavy atom. The molecule has 0 amide bonds. The first-order valence-corrected chi connectivity index (χ1v) is 11.2. The molecule has 1 saturated heterocycles. The smallest absolute Gasteiger partial charge is 0.262 e. The average molecular weight is 435 g/mol. The molecule has 8 heteroatoms. The van der Waals surface area contributed by atoms with Crippen LogP contribution in [0, 0.1) is 0 Å². The van der Waals surface area contributed by atoms with Crippen molar-refractivity contribution in [3.63, 3.8) is 0 Å². The Balaban J connectivity index is 1.56. The minimum absolute atomic E-state index is 0.00826. The molecule has 2 aromatic heterocycles. The Morgan fingerprint density at radius 2 is 1.81 bits per heavy atom. The number of aromatic nitrogens is 4. The van der Waals surface area contributed by atoms with Crippen molar-refractivity contribution in [2.45, 2.75) is 42.8 Å². The highest BCUT2D eigenvalue weighted by molar-refractivity contribution is 7.99. The Bertz CT molecular complexity index is 1370. The number of nitrogens with one attached hydrogen (secondary N) is 1. The van der Waals surface area contributed by atoms with Crippen LogP contribution < -0.4 is 11.1 Å². The predicted molar refractivity (Wildman–Crippen MR) is 122 cm³/mol. The molecule has 0 saturated carbocycles. The number of benzene rings is 2. The van der Waals surface area contributed by atoms with Crippen LogP contribution >= 0.6 is 11.8 Å². The minimum Gasteiger partial charge on any atom is -0.376 e. The van der Waals surface area contributed by atoms with Crippen LogP contribution in [0.5, 0.6) is 0 Å². The highest BCUT2D eigenvalue weighted by atomic mass is 32.2. The molecule has 158 valence electrons. The molecule has 0 spiro atoms. The van der Waals surface area contributed by atoms with Gasteiger partial charge in [0.05, 0.1) is 39.7 Å². The number of nitrogens with zero attached hydrogens (tertiary/aromatic N) is 3. The van der Waals surface area contributed by atoms with Gasteiger partial charge in [-0.2, -0.15) is 0 Å². The second kappa shape index (κ2) is 8.28. The molecule has 0 radical (unpaired) electrons. The highest BCUT2D eigenvalue weighted by Gasteiger charge is 2.22. The molecule has 2 aromatic carbocycles. The minimum atomic E-state index is -0.207. The molecule has 7 nitrogen and oxygen atoms in total. The molecular weight excluding hydrogens is 412 g/mol. The van der Waals surface area contributed by atoms with Crippen molar-refractivity contribution in [3.8, 4) is 0 Å². The lowest BCUT2D eigenvalue weighted by molar-refractivity contribution is 0.0937. The number of hydrogen-bond donors (Lipinski definition) is 1. The lowest BCUT2D eigenvalue weighted by atomic mass is 10.2. The maximum atomic E-state index is 13.3. The molecule has 1 fully saturated rings. The number of fused-ring (bicyclic) bond motifs is 2. The standard InChI is InChI=1S/C23H22N4O3S/c1-14(20-24-18-10-4-2-8-16(18)21(28)26-20)31-23-25-19-11-5-3-9-17(19)22(29)27(23)13-15-7-6-12-30-15/h2-5,8-11,14-15H,6-7,12-13H2,1H3,(H,24,26,28)/t14-,15-/m1/s1. The summed E-state index contributed by atoms with van der Waals surface area (Å²) in [7, 11) is 0. The zero-order chi connectivity index (χ0) is 21.4. The monoisotopic (exact) mass is 434 g/mol. The number of ether oxygens (including phenoxy) is 1. The topological polar surface area (TPSA) is 89.9 Å². The largest absolute Gasteiger partial charge is 0.376 e. The van der Waals surface area contributed by atoms with E-state index in [1.165, 1.54) is 11.8 Å². The summed E-state index contributed by atoms with van der Waals surface area (Å²) in [6.07, 6.45) is 1.94. The van der Waals surface area contributed by atoms with Crippen molar-refractivity contribution >= 4 is 33.6 Å². The van der Waals surface area contributed by atoms with E-state index in [-0.39, 0.29) is 22.5 Å². The second-order valence-corrected chi connectivity index (χ2v) is 9.00. The summed E-state index contributed by atoms with van der Waals surface area (Å²) in [6.45, 7) is 3.14. The van der Waals surface area contributed by atoms with E-state index >= 15 is 0 Å². The predicted octanol–water partition coefficient (Wildman–Crippen LogP) is 3.67. The number of H-pyrrole nitrogens is 1. The SMILES string of the molecule is C[C@@H](Sc1nc2ccccc2c(=O)n1C[C@H]1CCCO1)c1nc2ccccc2c(=O)[nH]1. The molecule has 0 unspecified atom stereocenters. The van der Waals surface area contributed by atoms with Crippen LogP contribution in [0.3, 0.4) is 0 Å². The maximum Gasteiger partial charge on any atom is 0.262 e. The van der Waals surface area contributed by atoms with Gasteiger partial charge in [0.1, 0.15) is 5.82 Å². The van der Waals surface area contributed by atoms with Crippen LogP contribution in [-0.4, -0.2) is 32.2 Å². The van der Waals surface area contributed by atoms with Crippen LogP contribution in [0.2, 0.25) is 0 Å². The van der Waals surface area contributed by atoms with E-state index in [1.54, 1.807) is 16.7 Å². The van der Waals surface area contributed by atoms with Gasteiger partial charge < -0.3 is 9.72 Å². The van der Waals surface area contributed by atoms with E-state index in [0.29, 0.717) is 39.3 Å². The molecule has 1 aliphatic heterocycles. The van der Waals surface area contributed by atoms with Gasteiger partial charge in [0.15, 0.2) is 5.16 Å². The summed E-state index contributed by atoms with van der Waals surface area (Å²) >= 11 is 1.42. The van der Waals surface area contributed by atoms with Gasteiger partial charge in [0.2, 0.25) is 0 Å². The van der Waals surface area contributed by atoms with Crippen molar-refractivity contribution in [1.29, 1.82) is 0 Å². The van der Waals surface area contributed by atoms with Crippen LogP contribution in [-0.2, 0) is 11.3 Å². The van der Waals surface area contributed by atoms with Crippen molar-refractivity contribution in [2.24, 2.45) is 0 Å². The number of aromatic amines is 1. The first kappa shape index (κ1) is 20.0. The molecule has 3 heterocycles. The van der Waals surface area contributed by atoms with Crippen molar-refractivity contribution in [2.75, 3.05) is 6.61 Å². The van der Waals surface area contributed by atoms with Gasteiger partial charge >= 0.3 is 0 Å². The lowest BCUT2D eigenvalue weighted by Crippen LogP contribution is -2.29. The molecule has 4 aromatic rings. The summed E-state index contributed by atoms with van der Waals surface area (Å²) in [5.74, 6) is 0.555. The third-order valence-corrected chi connectivity index (χ3v) is 6.63. The second-order valence-electron chi connectivity index (χ2n) is 7.69. The summed E-state index contributed by atoms with van der Waals surface area (Å²) < 4.78 is 7.48. The fourth-order valence-corrected chi connectivity index (χ4v) is 4.88. The van der Waals surface area contributed by atoms with Crippen molar-refractivity contribution in [3.05, 3.63) is 75.1 Å². The van der Waals surface area contributed by atoms with Crippen LogP contribution in [0.15, 0.2) is 63.3 Å². The molecule has 1 aliphatic rings. The molecular formula is C23H22N4O3S. The Kier molecular flexibility index (Phi) is 5.33. The zero-order valence-corrected chi connectivity index (χ0v) is 17.9. The van der Waals surface area contributed by atoms with Gasteiger partial charge in [0, 0.05) is 6.61 Å². The molecule has 1 N–H and O–H groups in total. The van der Waals surface area contributed by atoms with Crippen LogP contribution in [0.4, 0.5) is 0 Å². The summed E-state index contributed by atoms with van der Waals surface area (Å²) in [4.78, 5) is 38.1. The van der Waals surface area contributed by atoms with Gasteiger partial charge in [-0.25, -0.2) is 9.97 Å². The lowest BCUT2D eigenvalue weighted by Gasteiger charge is -2.18. The molecule has 0 aliphatic carbocycles. The normalized spacial score (nSPS) is 17.4. The number of para-hydroxylation sites is 2. The number of thioether (sulfide) groups is 1. The Morgan fingerprint density at radius 3 is 2.55 bits per heavy atom. The fraction of sp³-hybridized carbons (Fsp3) is 0.304. The Hall–Kier alpha value is -2.97. The maximum absolute atomic E-state index is 13.3. The number of hydrogen-bond acceptors (Lipinski definition) is 6. The molecule has 31 heavy (non-hydrogen) atoms. The zero-order valence-electron chi connectivity index (χ0n) is 17.1. The van der Waals surface area contributed by atoms with Gasteiger partial charge in [-0.1, -0.05) is 36.0 Å². The first-order valence-electron chi connectivity index (χ1n) is 10.4. The molecule has 0 bridgehead atoms. The summed E-state index contributed by atoms with van der Waals surface area (Å²) in [6, 6.07) is 14.6. The summed E-state index contributed by atoms with van der Waals surface area (Å²) in [5, 5.41) is 1.54. The van der Waals surface area contributed by atoms with Gasteiger partial charge in [-0.15, -0.1) is 0 Å². The molecule has 2 atom stereocenters. The van der Waals surface area contributed by atoms with E-state index < -0.39 is 0 Å². The third-order valence-electron chi connectivity index (χ3n) is 5.54. The number of rotatable bonds is 5. The highest BCUT2D eigenvalue weighted by Crippen LogP contribution is 2.32. The van der Waals surface area contributed by atoms with Crippen LogP contribution in [0.1, 0.15) is 30.8 Å². The third kappa shape index (κ3) is 3.88. The van der Waals surface area contributed by atoms with E-state index in [1.807, 2.05) is 43.3 Å². The van der Waals surface area contributed by atoms with E-state index in [2.05, 4.69) is 9.97 Å². The van der Waals surface area contributed by atoms with E-state index in [9.17, 15) is 9.59 Å². The van der Waals surface area contributed by atoms with Crippen molar-refractivity contribution in [1.82, 2.24) is 19.5 Å². The van der Waals surface area contributed by atoms with E-state index in [0.717, 1.165) is 19.4 Å². The Labute approximate surface area is 182 Å². The molecule has 5 rings (SSSR count). The first-order chi connectivity index (χ1) is 15.1. The van der Waals surface area contributed by atoms with Gasteiger partial charge in [0.25, 0.3) is 11.1 Å². The van der Waals surface area contributed by atoms with E-state index in [4.69, 9.17) is 9.72 Å². The van der Waals surface area contributed by atoms with Crippen LogP contribution in [0.25, 0.3) is 21.8 Å². The fourth-order valence-electron chi connectivity index (χ4n) is 3.90. The average Bonchev–Trinajstić information content (AvgIpc) is 3.30. The van der Waals surface area contributed by atoms with Gasteiger partial charge in [-0.05, 0) is 44.0 Å². The summed E-state index contributed by atoms with van der Waals surface area (Å²) in [5.41, 5.74) is 1.06.